The number of ether oxygens (including phenoxy) is 10. The molecule has 2 aromatic carbocycles. The number of rotatable bonds is 22. The molecule has 1 spiro atoms. The SMILES string of the molecule is C=C(C)C(=O)OCCOCCNC(=O)OCCOc1ccc2c(c1)OC(=O)CC21CC(=O)Oc2cc(OCCOC(=O)NCCOCCOC(=O)C(=C)C)ccc21. The summed E-state index contributed by atoms with van der Waals surface area (Å²) in [6.07, 6.45) is -1.59. The van der Waals surface area contributed by atoms with Crippen LogP contribution in [-0.4, -0.2) is 115 Å². The van der Waals surface area contributed by atoms with Crippen molar-refractivity contribution in [3.63, 3.8) is 0 Å². The molecule has 18 heteroatoms. The molecule has 2 heterocycles. The summed E-state index contributed by atoms with van der Waals surface area (Å²) in [6, 6.07) is 9.82. The van der Waals surface area contributed by atoms with E-state index in [0.717, 1.165) is 0 Å². The first-order chi connectivity index (χ1) is 27.4. The van der Waals surface area contributed by atoms with E-state index in [1.165, 1.54) is 12.1 Å². The molecule has 0 aliphatic carbocycles. The molecule has 57 heavy (non-hydrogen) atoms. The van der Waals surface area contributed by atoms with Crippen molar-refractivity contribution in [2.45, 2.75) is 32.1 Å². The highest BCUT2D eigenvalue weighted by Crippen LogP contribution is 2.52. The fraction of sp³-hybridized carbons (Fsp3) is 0.436. The fourth-order valence-corrected chi connectivity index (χ4v) is 5.52. The summed E-state index contributed by atoms with van der Waals surface area (Å²) < 4.78 is 53.2. The largest absolute Gasteiger partial charge is 0.490 e. The van der Waals surface area contributed by atoms with Gasteiger partial charge in [0, 0.05) is 52.9 Å². The summed E-state index contributed by atoms with van der Waals surface area (Å²) in [5.41, 5.74) is 0.679. The molecule has 0 bridgehead atoms. The Hall–Kier alpha value is -6.14. The van der Waals surface area contributed by atoms with Crippen molar-refractivity contribution in [3.8, 4) is 23.0 Å². The molecule has 0 fully saturated rings. The van der Waals surface area contributed by atoms with Crippen LogP contribution in [0.5, 0.6) is 23.0 Å². The van der Waals surface area contributed by atoms with Crippen LogP contribution < -0.4 is 29.6 Å². The van der Waals surface area contributed by atoms with Gasteiger partial charge >= 0.3 is 36.1 Å². The third-order valence-electron chi connectivity index (χ3n) is 8.10. The average Bonchev–Trinajstić information content (AvgIpc) is 3.16. The van der Waals surface area contributed by atoms with Crippen LogP contribution in [0.25, 0.3) is 0 Å². The lowest BCUT2D eigenvalue weighted by Gasteiger charge is -2.40. The lowest BCUT2D eigenvalue weighted by atomic mass is 9.67. The van der Waals surface area contributed by atoms with Gasteiger partial charge in [-0.05, 0) is 26.0 Å². The molecule has 0 saturated heterocycles. The quantitative estimate of drug-likeness (QED) is 0.0575. The molecule has 18 nitrogen and oxygen atoms in total. The maximum absolute atomic E-state index is 12.9. The Morgan fingerprint density at radius 1 is 0.596 bits per heavy atom. The van der Waals surface area contributed by atoms with E-state index >= 15 is 0 Å². The molecule has 0 unspecified atom stereocenters. The zero-order chi connectivity index (χ0) is 41.2. The summed E-state index contributed by atoms with van der Waals surface area (Å²) in [5.74, 6) is -1.00. The van der Waals surface area contributed by atoms with E-state index in [-0.39, 0.29) is 103 Å². The van der Waals surface area contributed by atoms with Crippen molar-refractivity contribution >= 4 is 36.1 Å². The van der Waals surface area contributed by atoms with Crippen LogP contribution in [0.1, 0.15) is 37.8 Å². The molecule has 2 aromatic rings. The van der Waals surface area contributed by atoms with Crippen molar-refractivity contribution in [2.75, 3.05) is 79.2 Å². The van der Waals surface area contributed by atoms with Gasteiger partial charge in [0.2, 0.25) is 0 Å². The molecule has 308 valence electrons. The zero-order valence-corrected chi connectivity index (χ0v) is 31.8. The molecular weight excluding hydrogens is 752 g/mol. The number of nitrogens with one attached hydrogen (secondary N) is 2. The second-order valence-electron chi connectivity index (χ2n) is 12.6. The molecule has 0 aromatic heterocycles. The van der Waals surface area contributed by atoms with Gasteiger partial charge in [0.15, 0.2) is 0 Å². The van der Waals surface area contributed by atoms with E-state index in [0.29, 0.717) is 33.8 Å². The Morgan fingerprint density at radius 3 is 1.40 bits per heavy atom. The number of carbonyl (C=O) groups excluding carboxylic acids is 6. The first kappa shape index (κ1) is 43.6. The first-order valence-corrected chi connectivity index (χ1v) is 18.0. The number of hydrogen-bond donors (Lipinski definition) is 2. The highest BCUT2D eigenvalue weighted by Gasteiger charge is 2.49. The number of amides is 2. The molecule has 2 amide bonds. The number of benzene rings is 2. The van der Waals surface area contributed by atoms with Crippen LogP contribution in [0.2, 0.25) is 0 Å². The van der Waals surface area contributed by atoms with E-state index < -0.39 is 41.5 Å². The van der Waals surface area contributed by atoms with Gasteiger partial charge in [-0.1, -0.05) is 25.3 Å². The molecular formula is C39H46N2O16. The summed E-state index contributed by atoms with van der Waals surface area (Å²) in [6.45, 7) is 11.0. The molecule has 2 aliphatic heterocycles. The van der Waals surface area contributed by atoms with Gasteiger partial charge in [-0.15, -0.1) is 0 Å². The Labute approximate surface area is 328 Å². The summed E-state index contributed by atoms with van der Waals surface area (Å²) in [4.78, 5) is 72.4. The fourth-order valence-electron chi connectivity index (χ4n) is 5.52. The normalized spacial score (nSPS) is 13.4. The van der Waals surface area contributed by atoms with Gasteiger partial charge in [-0.2, -0.15) is 0 Å². The minimum atomic E-state index is -1.08. The van der Waals surface area contributed by atoms with Crippen molar-refractivity contribution in [3.05, 3.63) is 71.8 Å². The molecule has 4 rings (SSSR count). The number of esters is 4. The van der Waals surface area contributed by atoms with E-state index in [2.05, 4.69) is 23.8 Å². The van der Waals surface area contributed by atoms with Crippen molar-refractivity contribution < 1.29 is 76.1 Å². The van der Waals surface area contributed by atoms with Crippen LogP contribution in [0.3, 0.4) is 0 Å². The van der Waals surface area contributed by atoms with Gasteiger partial charge in [0.05, 0.1) is 39.3 Å². The molecule has 0 radical (unpaired) electrons. The van der Waals surface area contributed by atoms with E-state index in [4.69, 9.17) is 47.4 Å². The number of hydrogen-bond acceptors (Lipinski definition) is 16. The number of alkyl carbamates (subject to hydrolysis) is 2. The molecule has 0 atom stereocenters. The van der Waals surface area contributed by atoms with E-state index in [1.54, 1.807) is 38.1 Å². The lowest BCUT2D eigenvalue weighted by Crippen LogP contribution is -2.42. The average molecular weight is 799 g/mol. The first-order valence-electron chi connectivity index (χ1n) is 18.0. The number of fused-ring (bicyclic) bond motifs is 4. The minimum Gasteiger partial charge on any atom is -0.490 e. The van der Waals surface area contributed by atoms with E-state index in [1.807, 2.05) is 0 Å². The predicted octanol–water partition coefficient (Wildman–Crippen LogP) is 3.07. The monoisotopic (exact) mass is 798 g/mol. The van der Waals surface area contributed by atoms with E-state index in [9.17, 15) is 28.8 Å². The van der Waals surface area contributed by atoms with Crippen LogP contribution in [0.4, 0.5) is 9.59 Å². The smallest absolute Gasteiger partial charge is 0.407 e. The van der Waals surface area contributed by atoms with Gasteiger partial charge in [0.1, 0.15) is 62.6 Å². The van der Waals surface area contributed by atoms with Crippen LogP contribution >= 0.6 is 0 Å². The summed E-state index contributed by atoms with van der Waals surface area (Å²) in [7, 11) is 0. The maximum atomic E-state index is 12.9. The molecule has 2 aliphatic rings. The Balaban J connectivity index is 1.21. The Kier molecular flexibility index (Phi) is 16.7. The van der Waals surface area contributed by atoms with Gasteiger partial charge in [-0.25, -0.2) is 19.2 Å². The molecule has 2 N–H and O–H groups in total. The third kappa shape index (κ3) is 13.5. The highest BCUT2D eigenvalue weighted by molar-refractivity contribution is 5.88. The minimum absolute atomic E-state index is 0.00370. The Bertz CT molecular complexity index is 1680. The topological polar surface area (TPSA) is 219 Å². The third-order valence-corrected chi connectivity index (χ3v) is 8.10. The lowest BCUT2D eigenvalue weighted by molar-refractivity contribution is -0.142. The van der Waals surface area contributed by atoms with Crippen molar-refractivity contribution in [1.82, 2.24) is 10.6 Å². The summed E-state index contributed by atoms with van der Waals surface area (Å²) in [5, 5.41) is 5.05. The predicted molar refractivity (Wildman–Crippen MR) is 197 cm³/mol. The maximum Gasteiger partial charge on any atom is 0.407 e. The summed E-state index contributed by atoms with van der Waals surface area (Å²) >= 11 is 0. The number of carbonyl (C=O) groups is 6. The van der Waals surface area contributed by atoms with Crippen LogP contribution in [-0.2, 0) is 53.0 Å². The second-order valence-corrected chi connectivity index (χ2v) is 12.6. The standard InChI is InChI=1S/C39H46N2O16/c1-25(2)35(44)52-15-13-48-11-9-40-37(46)54-19-17-50-27-5-7-29-31(21-27)56-33(42)23-39(29)24-34(43)57-32-22-28(6-8-30(32)39)51-18-20-55-38(47)41-10-12-49-14-16-53-36(45)26(3)4/h5-8,21-22H,1,3,9-20,23-24H2,2,4H3,(H,40,46)(H,41,47). The van der Waals surface area contributed by atoms with Crippen molar-refractivity contribution in [1.29, 1.82) is 0 Å². The highest BCUT2D eigenvalue weighted by atomic mass is 16.6. The molecule has 0 saturated carbocycles. The van der Waals surface area contributed by atoms with Gasteiger partial charge in [0.25, 0.3) is 0 Å². The second kappa shape index (κ2) is 21.8. The van der Waals surface area contributed by atoms with Gasteiger partial charge in [-0.3, -0.25) is 9.59 Å². The van der Waals surface area contributed by atoms with Crippen LogP contribution in [0, 0.1) is 0 Å². The zero-order valence-electron chi connectivity index (χ0n) is 31.8. The van der Waals surface area contributed by atoms with Crippen molar-refractivity contribution in [2.24, 2.45) is 0 Å². The Morgan fingerprint density at radius 2 is 1.00 bits per heavy atom. The van der Waals surface area contributed by atoms with Gasteiger partial charge < -0.3 is 58.0 Å². The van der Waals surface area contributed by atoms with Crippen LogP contribution in [0.15, 0.2) is 60.7 Å².